The fourth-order valence-corrected chi connectivity index (χ4v) is 5.78. The minimum atomic E-state index is -4.05. The number of carboxylic acid groups (broad SMARTS) is 1. The molecule has 0 bridgehead atoms. The Kier molecular flexibility index (Phi) is 18.9. The highest BCUT2D eigenvalue weighted by atomic mass is 32.2. The predicted molar refractivity (Wildman–Crippen MR) is 199 cm³/mol. The quantitative estimate of drug-likeness (QED) is 0.0790. The van der Waals surface area contributed by atoms with Crippen LogP contribution in [0.4, 0.5) is 5.95 Å². The van der Waals surface area contributed by atoms with Crippen LogP contribution >= 0.6 is 0 Å². The number of rotatable bonds is 26. The first-order valence-electron chi connectivity index (χ1n) is 17.6. The summed E-state index contributed by atoms with van der Waals surface area (Å²) in [5.74, 6) is -1.95. The van der Waals surface area contributed by atoms with Crippen LogP contribution in [-0.2, 0) is 48.1 Å². The number of esters is 1. The molecule has 2 rings (SSSR count). The topological polar surface area (TPSA) is 240 Å². The Morgan fingerprint density at radius 3 is 1.85 bits per heavy atom. The second-order valence-electron chi connectivity index (χ2n) is 14.7. The van der Waals surface area contributed by atoms with E-state index < -0.39 is 44.9 Å². The maximum absolute atomic E-state index is 13.0. The molecule has 0 aliphatic heterocycles. The van der Waals surface area contributed by atoms with Gasteiger partial charge in [0.05, 0.1) is 62.1 Å². The minimum Gasteiger partial charge on any atom is -0.493 e. The summed E-state index contributed by atoms with van der Waals surface area (Å²) in [5, 5.41) is 13.7. The predicted octanol–water partition coefficient (Wildman–Crippen LogP) is 2.44. The molecule has 0 saturated heterocycles. The number of hydrogen-bond donors (Lipinski definition) is 4. The molecular formula is C36H55N5O13S. The van der Waals surface area contributed by atoms with Gasteiger partial charge in [-0.1, -0.05) is 13.8 Å². The highest BCUT2D eigenvalue weighted by Gasteiger charge is 2.38. The molecule has 1 aromatic heterocycles. The molecule has 18 nitrogen and oxygen atoms in total. The lowest BCUT2D eigenvalue weighted by Crippen LogP contribution is -2.38. The molecule has 2 aromatic rings. The lowest BCUT2D eigenvalue weighted by molar-refractivity contribution is -0.167. The van der Waals surface area contributed by atoms with Gasteiger partial charge in [-0.2, -0.15) is 0 Å². The smallest absolute Gasteiger partial charge is 0.329 e. The summed E-state index contributed by atoms with van der Waals surface area (Å²) in [7, 11) is -4.05. The summed E-state index contributed by atoms with van der Waals surface area (Å²) < 4.78 is 60.3. The summed E-state index contributed by atoms with van der Waals surface area (Å²) in [6.45, 7) is 14.3. The molecule has 0 spiro atoms. The Balaban J connectivity index is 1.66. The average Bonchev–Trinajstić information content (AvgIpc) is 3.08. The fraction of sp³-hybridized carbons (Fsp3) is 0.611. The van der Waals surface area contributed by atoms with Gasteiger partial charge in [0.15, 0.2) is 0 Å². The van der Waals surface area contributed by atoms with Crippen LogP contribution in [0.1, 0.15) is 65.2 Å². The van der Waals surface area contributed by atoms with Crippen molar-refractivity contribution in [3.8, 4) is 5.75 Å². The van der Waals surface area contributed by atoms with Crippen molar-refractivity contribution in [1.29, 1.82) is 0 Å². The van der Waals surface area contributed by atoms with Crippen LogP contribution in [-0.4, -0.2) is 125 Å². The first-order valence-corrected chi connectivity index (χ1v) is 19.1. The van der Waals surface area contributed by atoms with Gasteiger partial charge in [-0.3, -0.25) is 14.4 Å². The Labute approximate surface area is 322 Å². The van der Waals surface area contributed by atoms with E-state index in [2.05, 4.69) is 25.3 Å². The van der Waals surface area contributed by atoms with E-state index in [0.29, 0.717) is 12.2 Å². The van der Waals surface area contributed by atoms with Gasteiger partial charge >= 0.3 is 11.9 Å². The number of sulfonamides is 1. The van der Waals surface area contributed by atoms with E-state index in [-0.39, 0.29) is 94.2 Å². The largest absolute Gasteiger partial charge is 0.493 e. The number of aliphatic carboxylic acids is 1. The van der Waals surface area contributed by atoms with Gasteiger partial charge in [0, 0.05) is 25.5 Å². The van der Waals surface area contributed by atoms with Crippen molar-refractivity contribution < 1.29 is 61.1 Å². The summed E-state index contributed by atoms with van der Waals surface area (Å²) in [6, 6.07) is 5.83. The van der Waals surface area contributed by atoms with Crippen molar-refractivity contribution in [2.75, 3.05) is 77.3 Å². The fourth-order valence-electron chi connectivity index (χ4n) is 4.82. The van der Waals surface area contributed by atoms with Gasteiger partial charge in [-0.05, 0) is 70.7 Å². The molecule has 1 aromatic carbocycles. The summed E-state index contributed by atoms with van der Waals surface area (Å²) >= 11 is 0. The molecule has 0 aliphatic carbocycles. The van der Waals surface area contributed by atoms with Gasteiger partial charge in [0.25, 0.3) is 15.9 Å². The Morgan fingerprint density at radius 1 is 0.745 bits per heavy atom. The Morgan fingerprint density at radius 2 is 1.29 bits per heavy atom. The molecule has 2 amide bonds. The lowest BCUT2D eigenvalue weighted by Gasteiger charge is -2.35. The van der Waals surface area contributed by atoms with Crippen molar-refractivity contribution in [3.05, 3.63) is 42.2 Å². The molecule has 0 unspecified atom stereocenters. The number of hydrogen-bond acceptors (Lipinski definition) is 14. The second kappa shape index (κ2) is 22.2. The molecule has 0 saturated carbocycles. The highest BCUT2D eigenvalue weighted by Crippen LogP contribution is 2.36. The zero-order valence-electron chi connectivity index (χ0n) is 32.6. The van der Waals surface area contributed by atoms with E-state index in [9.17, 15) is 27.6 Å². The minimum absolute atomic E-state index is 0.0506. The van der Waals surface area contributed by atoms with Crippen LogP contribution in [0.3, 0.4) is 0 Å². The number of nitrogens with zero attached hydrogens (tertiary/aromatic N) is 2. The number of amides is 2. The molecule has 19 heteroatoms. The second-order valence-corrected chi connectivity index (χ2v) is 16.4. The molecule has 0 radical (unpaired) electrons. The van der Waals surface area contributed by atoms with E-state index in [0.717, 1.165) is 0 Å². The standard InChI is InChI=1S/C36H55N5O13S/c1-34(2,3)54-32(46)36(6,7)24-35(4,5)25-53-27-8-10-28(11-9-27)55(47,48)41-33-39-20-26(21-40-33)31(45)38-13-15-50-16-18-51-22-29(42)37-12-14-49-17-19-52-23-30(43)44/h8-11,20-21H,12-19,22-25H2,1-7H3,(H,37,42)(H,38,45)(H,43,44)(H,39,40,41). The van der Waals surface area contributed by atoms with Crippen LogP contribution in [0.5, 0.6) is 5.75 Å². The molecule has 1 heterocycles. The van der Waals surface area contributed by atoms with Crippen molar-refractivity contribution in [1.82, 2.24) is 20.6 Å². The van der Waals surface area contributed by atoms with E-state index in [1.165, 1.54) is 36.7 Å². The first kappa shape index (κ1) is 46.7. The SMILES string of the molecule is CC(C)(COc1ccc(S(=O)(=O)Nc2ncc(C(=O)NCCOCCOCC(=O)NCCOCCOCC(=O)O)cn2)cc1)CC(C)(C)C(=O)OC(C)(C)C. The van der Waals surface area contributed by atoms with E-state index in [4.69, 9.17) is 33.5 Å². The van der Waals surface area contributed by atoms with E-state index in [1.54, 1.807) is 0 Å². The first-order chi connectivity index (χ1) is 25.7. The number of aromatic nitrogens is 2. The number of nitrogens with one attached hydrogen (secondary N) is 3. The van der Waals surface area contributed by atoms with Gasteiger partial charge in [0.1, 0.15) is 24.6 Å². The van der Waals surface area contributed by atoms with E-state index in [1.807, 2.05) is 48.5 Å². The molecular weight excluding hydrogens is 742 g/mol. The van der Waals surface area contributed by atoms with Gasteiger partial charge < -0.3 is 44.2 Å². The lowest BCUT2D eigenvalue weighted by atomic mass is 9.75. The van der Waals surface area contributed by atoms with Gasteiger partial charge in [0.2, 0.25) is 11.9 Å². The van der Waals surface area contributed by atoms with Crippen LogP contribution in [0, 0.1) is 10.8 Å². The van der Waals surface area contributed by atoms with Gasteiger partial charge in [-0.25, -0.2) is 27.9 Å². The van der Waals surface area contributed by atoms with Crippen molar-refractivity contribution in [2.24, 2.45) is 10.8 Å². The van der Waals surface area contributed by atoms with Crippen molar-refractivity contribution >= 4 is 39.7 Å². The van der Waals surface area contributed by atoms with Gasteiger partial charge in [-0.15, -0.1) is 0 Å². The molecule has 308 valence electrons. The zero-order chi connectivity index (χ0) is 41.1. The maximum atomic E-state index is 13.0. The highest BCUT2D eigenvalue weighted by molar-refractivity contribution is 7.92. The molecule has 4 N–H and O–H groups in total. The van der Waals surface area contributed by atoms with E-state index >= 15 is 0 Å². The third-order valence-corrected chi connectivity index (χ3v) is 8.42. The van der Waals surface area contributed by atoms with Crippen LogP contribution < -0.4 is 20.1 Å². The van der Waals surface area contributed by atoms with Crippen LogP contribution in [0.15, 0.2) is 41.6 Å². The summed E-state index contributed by atoms with van der Waals surface area (Å²) in [6.07, 6.45) is 2.87. The molecule has 0 fully saturated rings. The third kappa shape index (κ3) is 19.6. The van der Waals surface area contributed by atoms with Crippen molar-refractivity contribution in [2.45, 2.75) is 65.4 Å². The monoisotopic (exact) mass is 797 g/mol. The number of benzene rings is 1. The molecule has 0 aliphatic rings. The number of ether oxygens (including phenoxy) is 6. The number of anilines is 1. The molecule has 0 atom stereocenters. The van der Waals surface area contributed by atoms with Crippen molar-refractivity contribution in [3.63, 3.8) is 0 Å². The molecule has 55 heavy (non-hydrogen) atoms. The Bertz CT molecular complexity index is 1630. The summed E-state index contributed by atoms with van der Waals surface area (Å²) in [5.41, 5.74) is -1.63. The normalized spacial score (nSPS) is 12.1. The number of carboxylic acids is 1. The average molecular weight is 798 g/mol. The number of carbonyl (C=O) groups excluding carboxylic acids is 3. The van der Waals surface area contributed by atoms with Crippen LogP contribution in [0.25, 0.3) is 0 Å². The number of carbonyl (C=O) groups is 4. The zero-order valence-corrected chi connectivity index (χ0v) is 33.4. The maximum Gasteiger partial charge on any atom is 0.329 e. The van der Waals surface area contributed by atoms with Crippen LogP contribution in [0.2, 0.25) is 0 Å². The summed E-state index contributed by atoms with van der Waals surface area (Å²) in [4.78, 5) is 55.1. The Hall–Kier alpha value is -4.43. The third-order valence-electron chi connectivity index (χ3n) is 7.08.